The first-order chi connectivity index (χ1) is 10.8. The van der Waals surface area contributed by atoms with E-state index in [1.807, 2.05) is 11.6 Å². The molecule has 3 aromatic rings. The summed E-state index contributed by atoms with van der Waals surface area (Å²) in [7, 11) is -1.71. The van der Waals surface area contributed by atoms with Crippen molar-refractivity contribution in [2.45, 2.75) is 17.1 Å². The Hall–Kier alpha value is -1.45. The van der Waals surface area contributed by atoms with E-state index in [4.69, 9.17) is 16.1 Å². The second-order valence-electron chi connectivity index (χ2n) is 5.07. The number of sulfone groups is 1. The highest BCUT2D eigenvalue weighted by Crippen LogP contribution is 2.40. The minimum Gasteiger partial charge on any atom is -0.360 e. The molecule has 0 aliphatic carbocycles. The van der Waals surface area contributed by atoms with E-state index in [2.05, 4.69) is 31.1 Å². The lowest BCUT2D eigenvalue weighted by Gasteiger charge is -2.04. The number of hydrogen-bond acceptors (Lipinski definition) is 6. The topological polar surface area (TPSA) is 90.9 Å². The van der Waals surface area contributed by atoms with Gasteiger partial charge in [-0.05, 0) is 6.92 Å². The fraction of sp³-hybridized carbons (Fsp3) is 0.308. The van der Waals surface area contributed by atoms with Crippen LogP contribution in [-0.4, -0.2) is 34.4 Å². The number of rotatable bonds is 3. The molecule has 0 amide bonds. The van der Waals surface area contributed by atoms with Crippen LogP contribution in [-0.2, 0) is 22.2 Å². The summed E-state index contributed by atoms with van der Waals surface area (Å²) < 4.78 is 31.3. The molecule has 3 rings (SSSR count). The van der Waals surface area contributed by atoms with Crippen molar-refractivity contribution in [3.63, 3.8) is 0 Å². The molecule has 0 N–H and O–H groups in total. The van der Waals surface area contributed by atoms with Crippen LogP contribution < -0.4 is 0 Å². The lowest BCUT2D eigenvalue weighted by atomic mass is 10.1. The van der Waals surface area contributed by atoms with Crippen LogP contribution in [0.4, 0.5) is 0 Å². The first-order valence-corrected chi connectivity index (χ1v) is 9.86. The molecule has 0 aliphatic heterocycles. The van der Waals surface area contributed by atoms with Crippen molar-refractivity contribution in [2.75, 3.05) is 6.26 Å². The molecule has 10 heteroatoms. The first-order valence-electron chi connectivity index (χ1n) is 6.47. The highest BCUT2D eigenvalue weighted by molar-refractivity contribution is 9.08. The number of hydrogen-bond donors (Lipinski definition) is 0. The second-order valence-corrected chi connectivity index (χ2v) is 7.94. The minimum atomic E-state index is -3.53. The van der Waals surface area contributed by atoms with Crippen LogP contribution in [0.2, 0.25) is 5.15 Å². The van der Waals surface area contributed by atoms with Crippen molar-refractivity contribution in [3.05, 3.63) is 22.9 Å². The normalized spacial score (nSPS) is 12.2. The molecule has 23 heavy (non-hydrogen) atoms. The third-order valence-electron chi connectivity index (χ3n) is 3.59. The van der Waals surface area contributed by atoms with Crippen LogP contribution in [0.3, 0.4) is 0 Å². The highest BCUT2D eigenvalue weighted by atomic mass is 79.9. The maximum absolute atomic E-state index is 12.2. The Labute approximate surface area is 145 Å². The maximum atomic E-state index is 12.2. The van der Waals surface area contributed by atoms with Crippen LogP contribution in [0.1, 0.15) is 11.5 Å². The molecule has 0 fully saturated rings. The average Bonchev–Trinajstić information content (AvgIpc) is 2.98. The number of fused-ring (bicyclic) bond motifs is 1. The molecule has 0 aliphatic rings. The van der Waals surface area contributed by atoms with Gasteiger partial charge in [0.15, 0.2) is 15.6 Å². The SMILES string of the molecule is Cc1onc(-c2c(CBr)n(C)c3ncnc(Cl)c23)c1S(C)(=O)=O. The summed E-state index contributed by atoms with van der Waals surface area (Å²) in [5.74, 6) is 0.230. The van der Waals surface area contributed by atoms with Crippen molar-refractivity contribution in [1.29, 1.82) is 0 Å². The maximum Gasteiger partial charge on any atom is 0.181 e. The van der Waals surface area contributed by atoms with Gasteiger partial charge in [-0.1, -0.05) is 32.7 Å². The summed E-state index contributed by atoms with van der Waals surface area (Å²) in [6, 6.07) is 0. The number of halogens is 2. The predicted octanol–water partition coefficient (Wildman–Crippen LogP) is 2.88. The van der Waals surface area contributed by atoms with E-state index >= 15 is 0 Å². The van der Waals surface area contributed by atoms with Gasteiger partial charge in [0.2, 0.25) is 0 Å². The zero-order chi connectivity index (χ0) is 16.9. The number of alkyl halides is 1. The lowest BCUT2D eigenvalue weighted by Crippen LogP contribution is -2.01. The molecule has 0 aromatic carbocycles. The van der Waals surface area contributed by atoms with Gasteiger partial charge in [0.05, 0.1) is 5.39 Å². The van der Waals surface area contributed by atoms with Gasteiger partial charge in [-0.25, -0.2) is 18.4 Å². The van der Waals surface area contributed by atoms with Crippen molar-refractivity contribution in [2.24, 2.45) is 7.05 Å². The van der Waals surface area contributed by atoms with E-state index in [0.717, 1.165) is 11.9 Å². The van der Waals surface area contributed by atoms with E-state index in [0.29, 0.717) is 21.9 Å². The van der Waals surface area contributed by atoms with Crippen molar-refractivity contribution >= 4 is 48.4 Å². The predicted molar refractivity (Wildman–Crippen MR) is 89.5 cm³/mol. The van der Waals surface area contributed by atoms with E-state index in [1.165, 1.54) is 6.33 Å². The monoisotopic (exact) mass is 418 g/mol. The Balaban J connectivity index is 2.52. The summed E-state index contributed by atoms with van der Waals surface area (Å²) in [4.78, 5) is 8.28. The fourth-order valence-electron chi connectivity index (χ4n) is 2.64. The quantitative estimate of drug-likeness (QED) is 0.479. The van der Waals surface area contributed by atoms with Crippen molar-refractivity contribution < 1.29 is 12.9 Å². The Kier molecular flexibility index (Phi) is 3.97. The first kappa shape index (κ1) is 16.4. The molecule has 3 heterocycles. The smallest absolute Gasteiger partial charge is 0.181 e. The highest BCUT2D eigenvalue weighted by Gasteiger charge is 2.29. The summed E-state index contributed by atoms with van der Waals surface area (Å²) in [5, 5.41) is 5.20. The summed E-state index contributed by atoms with van der Waals surface area (Å²) in [5.41, 5.74) is 2.15. The van der Waals surface area contributed by atoms with E-state index in [9.17, 15) is 8.42 Å². The van der Waals surface area contributed by atoms with Gasteiger partial charge < -0.3 is 9.09 Å². The Morgan fingerprint density at radius 2 is 2.09 bits per heavy atom. The third kappa shape index (κ3) is 2.47. The van der Waals surface area contributed by atoms with Gasteiger partial charge in [0.25, 0.3) is 0 Å². The van der Waals surface area contributed by atoms with Crippen molar-refractivity contribution in [3.8, 4) is 11.3 Å². The van der Waals surface area contributed by atoms with E-state index < -0.39 is 9.84 Å². The summed E-state index contributed by atoms with van der Waals surface area (Å²) in [6.07, 6.45) is 2.48. The van der Waals surface area contributed by atoms with Gasteiger partial charge in [0, 0.05) is 29.9 Å². The molecule has 0 bridgehead atoms. The van der Waals surface area contributed by atoms with Gasteiger partial charge in [-0.15, -0.1) is 0 Å². The molecular formula is C13H12BrClN4O3S. The summed E-state index contributed by atoms with van der Waals surface area (Å²) in [6.45, 7) is 1.56. The lowest BCUT2D eigenvalue weighted by molar-refractivity contribution is 0.396. The van der Waals surface area contributed by atoms with Crippen molar-refractivity contribution in [1.82, 2.24) is 19.7 Å². The molecule has 0 radical (unpaired) electrons. The standard InChI is InChI=1S/C13H12BrClN4O3S/c1-6-11(23(3,20)21)10(18-22-6)8-7(4-14)19(2)13-9(8)12(15)16-5-17-13/h5H,4H2,1-3H3. The molecule has 3 aromatic heterocycles. The zero-order valence-corrected chi connectivity index (χ0v) is 15.6. The molecule has 122 valence electrons. The van der Waals surface area contributed by atoms with E-state index in [-0.39, 0.29) is 21.5 Å². The van der Waals surface area contributed by atoms with Crippen LogP contribution in [0.15, 0.2) is 15.7 Å². The molecule has 0 saturated heterocycles. The number of aryl methyl sites for hydroxylation is 2. The Morgan fingerprint density at radius 1 is 1.39 bits per heavy atom. The van der Waals surface area contributed by atoms with E-state index in [1.54, 1.807) is 6.92 Å². The molecular weight excluding hydrogens is 408 g/mol. The van der Waals surface area contributed by atoms with Crippen LogP contribution in [0, 0.1) is 6.92 Å². The summed E-state index contributed by atoms with van der Waals surface area (Å²) >= 11 is 9.66. The fourth-order valence-corrected chi connectivity index (χ4v) is 4.56. The molecule has 0 saturated carbocycles. The van der Waals surface area contributed by atoms with Gasteiger partial charge in [-0.2, -0.15) is 0 Å². The molecule has 0 atom stereocenters. The largest absolute Gasteiger partial charge is 0.360 e. The molecule has 0 unspecified atom stereocenters. The molecule has 0 spiro atoms. The third-order valence-corrected chi connectivity index (χ3v) is 5.63. The average molecular weight is 420 g/mol. The van der Waals surface area contributed by atoms with Gasteiger partial charge >= 0.3 is 0 Å². The van der Waals surface area contributed by atoms with Crippen LogP contribution in [0.5, 0.6) is 0 Å². The number of nitrogens with zero attached hydrogens (tertiary/aromatic N) is 4. The second kappa shape index (κ2) is 5.57. The molecule has 7 nitrogen and oxygen atoms in total. The zero-order valence-electron chi connectivity index (χ0n) is 12.5. The number of aromatic nitrogens is 4. The van der Waals surface area contributed by atoms with Crippen LogP contribution in [0.25, 0.3) is 22.3 Å². The Morgan fingerprint density at radius 3 is 2.70 bits per heavy atom. The Bertz CT molecular complexity index is 1030. The minimum absolute atomic E-state index is 0.0483. The van der Waals surface area contributed by atoms with Gasteiger partial charge in [0.1, 0.15) is 27.7 Å². The van der Waals surface area contributed by atoms with Crippen LogP contribution >= 0.6 is 27.5 Å². The van der Waals surface area contributed by atoms with Gasteiger partial charge in [-0.3, -0.25) is 0 Å².